The maximum atomic E-state index is 12.2. The summed E-state index contributed by atoms with van der Waals surface area (Å²) in [6.07, 6.45) is 0. The number of hydrogen-bond donors (Lipinski definition) is 2. The predicted molar refractivity (Wildman–Crippen MR) is 100 cm³/mol. The molecule has 0 aliphatic carbocycles. The summed E-state index contributed by atoms with van der Waals surface area (Å²) >= 11 is 0. The third-order valence-electron chi connectivity index (χ3n) is 3.71. The van der Waals surface area contributed by atoms with Gasteiger partial charge in [0, 0.05) is 17.8 Å². The molecule has 144 valence electrons. The zero-order chi connectivity index (χ0) is 19.8. The first-order chi connectivity index (χ1) is 13.0. The molecule has 2 amide bonds. The molecule has 0 heterocycles. The molecule has 2 rings (SSSR count). The molecule has 0 radical (unpaired) electrons. The summed E-state index contributed by atoms with van der Waals surface area (Å²) in [5, 5.41) is 5.23. The van der Waals surface area contributed by atoms with Crippen LogP contribution in [0, 0.1) is 0 Å². The van der Waals surface area contributed by atoms with Crippen molar-refractivity contribution in [2.75, 3.05) is 40.3 Å². The number of methoxy groups -OCH3 is 4. The largest absolute Gasteiger partial charge is 0.496 e. The minimum atomic E-state index is -0.410. The molecule has 8 heteroatoms. The number of hydrogen-bond acceptors (Lipinski definition) is 6. The van der Waals surface area contributed by atoms with Gasteiger partial charge in [0.05, 0.1) is 40.5 Å². The smallest absolute Gasteiger partial charge is 0.255 e. The fourth-order valence-electron chi connectivity index (χ4n) is 2.45. The SMILES string of the molecule is COc1ccccc1C(=O)NCC(=O)Nc1cc(OC)c(OC)c(OC)c1. The Bertz CT molecular complexity index is 797. The molecule has 0 unspecified atom stereocenters. The molecule has 0 atom stereocenters. The molecule has 0 saturated heterocycles. The van der Waals surface area contributed by atoms with E-state index in [2.05, 4.69) is 10.6 Å². The van der Waals surface area contributed by atoms with Gasteiger partial charge in [-0.05, 0) is 12.1 Å². The lowest BCUT2D eigenvalue weighted by molar-refractivity contribution is -0.115. The summed E-state index contributed by atoms with van der Waals surface area (Å²) in [5.74, 6) is 0.845. The van der Waals surface area contributed by atoms with E-state index in [0.29, 0.717) is 34.2 Å². The second-order valence-corrected chi connectivity index (χ2v) is 5.35. The van der Waals surface area contributed by atoms with Gasteiger partial charge in [-0.3, -0.25) is 9.59 Å². The number of carbonyl (C=O) groups is 2. The van der Waals surface area contributed by atoms with Crippen molar-refractivity contribution in [2.45, 2.75) is 0 Å². The van der Waals surface area contributed by atoms with Crippen molar-refractivity contribution >= 4 is 17.5 Å². The van der Waals surface area contributed by atoms with E-state index in [-0.39, 0.29) is 6.54 Å². The van der Waals surface area contributed by atoms with Gasteiger partial charge in [0.2, 0.25) is 11.7 Å². The van der Waals surface area contributed by atoms with Gasteiger partial charge in [-0.1, -0.05) is 12.1 Å². The summed E-state index contributed by atoms with van der Waals surface area (Å²) in [6, 6.07) is 9.96. The zero-order valence-corrected chi connectivity index (χ0v) is 15.6. The van der Waals surface area contributed by atoms with Crippen molar-refractivity contribution in [3.05, 3.63) is 42.0 Å². The number of para-hydroxylation sites is 1. The summed E-state index contributed by atoms with van der Waals surface area (Å²) in [5.41, 5.74) is 0.793. The molecule has 0 aromatic heterocycles. The standard InChI is InChI=1S/C19H22N2O6/c1-24-14-8-6-5-7-13(14)19(23)20-11-17(22)21-12-9-15(25-2)18(27-4)16(10-12)26-3/h5-10H,11H2,1-4H3,(H,20,23)(H,21,22). The fourth-order valence-corrected chi connectivity index (χ4v) is 2.45. The van der Waals surface area contributed by atoms with E-state index in [1.54, 1.807) is 36.4 Å². The Balaban J connectivity index is 2.04. The number of benzene rings is 2. The Morgan fingerprint density at radius 1 is 0.852 bits per heavy atom. The van der Waals surface area contributed by atoms with Gasteiger partial charge in [0.15, 0.2) is 11.5 Å². The third kappa shape index (κ3) is 4.81. The number of ether oxygens (including phenoxy) is 4. The molecular weight excluding hydrogens is 352 g/mol. The van der Waals surface area contributed by atoms with Gasteiger partial charge in [0.1, 0.15) is 5.75 Å². The molecule has 0 fully saturated rings. The van der Waals surface area contributed by atoms with E-state index in [1.807, 2.05) is 0 Å². The van der Waals surface area contributed by atoms with E-state index in [0.717, 1.165) is 0 Å². The molecule has 0 aliphatic heterocycles. The summed E-state index contributed by atoms with van der Waals surface area (Å²) in [7, 11) is 5.93. The quantitative estimate of drug-likeness (QED) is 0.735. The predicted octanol–water partition coefficient (Wildman–Crippen LogP) is 2.09. The molecular formula is C19H22N2O6. The van der Waals surface area contributed by atoms with Crippen molar-refractivity contribution in [1.29, 1.82) is 0 Å². The molecule has 8 nitrogen and oxygen atoms in total. The van der Waals surface area contributed by atoms with Crippen LogP contribution >= 0.6 is 0 Å². The van der Waals surface area contributed by atoms with Gasteiger partial charge in [-0.25, -0.2) is 0 Å². The average molecular weight is 374 g/mol. The second-order valence-electron chi connectivity index (χ2n) is 5.35. The molecule has 0 saturated carbocycles. The lowest BCUT2D eigenvalue weighted by Crippen LogP contribution is -2.33. The van der Waals surface area contributed by atoms with Crippen LogP contribution in [-0.2, 0) is 4.79 Å². The maximum absolute atomic E-state index is 12.2. The van der Waals surface area contributed by atoms with E-state index >= 15 is 0 Å². The number of nitrogens with one attached hydrogen (secondary N) is 2. The van der Waals surface area contributed by atoms with Crippen LogP contribution in [0.4, 0.5) is 5.69 Å². The number of anilines is 1. The van der Waals surface area contributed by atoms with Gasteiger partial charge in [-0.2, -0.15) is 0 Å². The molecule has 0 aliphatic rings. The molecule has 2 aromatic carbocycles. The van der Waals surface area contributed by atoms with Crippen molar-refractivity contribution < 1.29 is 28.5 Å². The first-order valence-electron chi connectivity index (χ1n) is 8.05. The lowest BCUT2D eigenvalue weighted by Gasteiger charge is -2.15. The lowest BCUT2D eigenvalue weighted by atomic mass is 10.2. The van der Waals surface area contributed by atoms with E-state index < -0.39 is 11.8 Å². The van der Waals surface area contributed by atoms with Gasteiger partial charge in [-0.15, -0.1) is 0 Å². The first kappa shape index (κ1) is 19.9. The third-order valence-corrected chi connectivity index (χ3v) is 3.71. The summed E-state index contributed by atoms with van der Waals surface area (Å²) in [4.78, 5) is 24.4. The summed E-state index contributed by atoms with van der Waals surface area (Å²) < 4.78 is 20.9. The van der Waals surface area contributed by atoms with Crippen LogP contribution < -0.4 is 29.6 Å². The number of carbonyl (C=O) groups excluding carboxylic acids is 2. The highest BCUT2D eigenvalue weighted by Gasteiger charge is 2.16. The van der Waals surface area contributed by atoms with Crippen LogP contribution in [0.1, 0.15) is 10.4 Å². The molecule has 2 N–H and O–H groups in total. The Morgan fingerprint density at radius 2 is 1.44 bits per heavy atom. The van der Waals surface area contributed by atoms with Crippen LogP contribution in [0.15, 0.2) is 36.4 Å². The minimum Gasteiger partial charge on any atom is -0.496 e. The Labute approximate surface area is 157 Å². The monoisotopic (exact) mass is 374 g/mol. The van der Waals surface area contributed by atoms with Crippen molar-refractivity contribution in [3.8, 4) is 23.0 Å². The summed E-state index contributed by atoms with van der Waals surface area (Å²) in [6.45, 7) is -0.215. The van der Waals surface area contributed by atoms with Crippen LogP contribution in [0.3, 0.4) is 0 Å². The van der Waals surface area contributed by atoms with Crippen LogP contribution in [0.5, 0.6) is 23.0 Å². The van der Waals surface area contributed by atoms with Gasteiger partial charge >= 0.3 is 0 Å². The number of amides is 2. The fraction of sp³-hybridized carbons (Fsp3) is 0.263. The normalized spacial score (nSPS) is 9.93. The Morgan fingerprint density at radius 3 is 2.00 bits per heavy atom. The highest BCUT2D eigenvalue weighted by Crippen LogP contribution is 2.39. The van der Waals surface area contributed by atoms with Crippen LogP contribution in [0.25, 0.3) is 0 Å². The Hall–Kier alpha value is -3.42. The van der Waals surface area contributed by atoms with Gasteiger partial charge < -0.3 is 29.6 Å². The van der Waals surface area contributed by atoms with Crippen molar-refractivity contribution in [3.63, 3.8) is 0 Å². The highest BCUT2D eigenvalue weighted by molar-refractivity contribution is 6.01. The van der Waals surface area contributed by atoms with Crippen molar-refractivity contribution in [1.82, 2.24) is 5.32 Å². The molecule has 27 heavy (non-hydrogen) atoms. The van der Waals surface area contributed by atoms with Gasteiger partial charge in [0.25, 0.3) is 5.91 Å². The molecule has 2 aromatic rings. The maximum Gasteiger partial charge on any atom is 0.255 e. The second kappa shape index (κ2) is 9.33. The highest BCUT2D eigenvalue weighted by atomic mass is 16.5. The first-order valence-corrected chi connectivity index (χ1v) is 8.05. The van der Waals surface area contributed by atoms with E-state index in [9.17, 15) is 9.59 Å². The minimum absolute atomic E-state index is 0.215. The van der Waals surface area contributed by atoms with Crippen molar-refractivity contribution in [2.24, 2.45) is 0 Å². The Kier molecular flexibility index (Phi) is 6.87. The zero-order valence-electron chi connectivity index (χ0n) is 15.6. The number of rotatable bonds is 8. The van der Waals surface area contributed by atoms with E-state index in [1.165, 1.54) is 28.4 Å². The molecule has 0 spiro atoms. The molecule has 0 bridgehead atoms. The van der Waals surface area contributed by atoms with Crippen LogP contribution in [-0.4, -0.2) is 46.8 Å². The average Bonchev–Trinajstić information content (AvgIpc) is 2.70. The topological polar surface area (TPSA) is 95.1 Å². The van der Waals surface area contributed by atoms with Crippen LogP contribution in [0.2, 0.25) is 0 Å². The van der Waals surface area contributed by atoms with E-state index in [4.69, 9.17) is 18.9 Å².